The van der Waals surface area contributed by atoms with E-state index in [1.54, 1.807) is 23.1 Å². The normalized spacial score (nSPS) is 11.1. The molecule has 0 bridgehead atoms. The quantitative estimate of drug-likeness (QED) is 0.444. The van der Waals surface area contributed by atoms with Crippen molar-refractivity contribution in [3.8, 4) is 11.5 Å². The second-order valence-electron chi connectivity index (χ2n) is 6.74. The lowest BCUT2D eigenvalue weighted by Gasteiger charge is -2.22. The number of nitrogens with zero attached hydrogens (tertiary/aromatic N) is 3. The van der Waals surface area contributed by atoms with Crippen LogP contribution in [0.5, 0.6) is 11.5 Å². The Balaban J connectivity index is 1.84. The summed E-state index contributed by atoms with van der Waals surface area (Å²) >= 11 is 13.5. The number of anilines is 1. The lowest BCUT2D eigenvalue weighted by Crippen LogP contribution is -2.39. The number of likely N-dealkylation sites (N-methyl/N-ethyl adjacent to an activating group) is 1. The summed E-state index contributed by atoms with van der Waals surface area (Å²) < 4.78 is 12.3. The predicted molar refractivity (Wildman–Crippen MR) is 124 cm³/mol. The summed E-state index contributed by atoms with van der Waals surface area (Å²) in [5.74, 6) is 0.909. The van der Waals surface area contributed by atoms with Gasteiger partial charge in [0.1, 0.15) is 17.0 Å². The minimum atomic E-state index is -0.208. The zero-order valence-corrected chi connectivity index (χ0v) is 19.4. The first-order valence-corrected chi connectivity index (χ1v) is 11.0. The van der Waals surface area contributed by atoms with Crippen LogP contribution in [0.4, 0.5) is 5.13 Å². The van der Waals surface area contributed by atoms with Gasteiger partial charge in [0, 0.05) is 18.1 Å². The molecular weight excluding hydrogens is 445 g/mol. The molecule has 1 heterocycles. The van der Waals surface area contributed by atoms with Gasteiger partial charge in [-0.2, -0.15) is 0 Å². The summed E-state index contributed by atoms with van der Waals surface area (Å²) in [6.07, 6.45) is 0. The third kappa shape index (κ3) is 5.55. The van der Waals surface area contributed by atoms with E-state index < -0.39 is 0 Å². The highest BCUT2D eigenvalue weighted by molar-refractivity contribution is 7.22. The van der Waals surface area contributed by atoms with Crippen LogP contribution in [0.3, 0.4) is 0 Å². The molecular formula is C21H23Cl2N3O3S. The fourth-order valence-electron chi connectivity index (χ4n) is 2.74. The van der Waals surface area contributed by atoms with Gasteiger partial charge in [0.05, 0.1) is 16.3 Å². The molecule has 0 aliphatic heterocycles. The van der Waals surface area contributed by atoms with Crippen molar-refractivity contribution in [3.63, 3.8) is 0 Å². The van der Waals surface area contributed by atoms with Crippen molar-refractivity contribution < 1.29 is 14.3 Å². The summed E-state index contributed by atoms with van der Waals surface area (Å²) in [4.78, 5) is 21.4. The fraction of sp³-hybridized carbons (Fsp3) is 0.333. The summed E-state index contributed by atoms with van der Waals surface area (Å²) in [7, 11) is 3.91. The maximum absolute atomic E-state index is 13.0. The number of fused-ring (bicyclic) bond motifs is 1. The van der Waals surface area contributed by atoms with Gasteiger partial charge in [-0.1, -0.05) is 40.6 Å². The highest BCUT2D eigenvalue weighted by Gasteiger charge is 2.22. The Morgan fingerprint density at radius 1 is 1.10 bits per heavy atom. The van der Waals surface area contributed by atoms with E-state index >= 15 is 0 Å². The Morgan fingerprint density at radius 3 is 2.60 bits per heavy atom. The van der Waals surface area contributed by atoms with Crippen LogP contribution < -0.4 is 14.4 Å². The van der Waals surface area contributed by atoms with Crippen molar-refractivity contribution in [1.82, 2.24) is 9.88 Å². The predicted octanol–water partition coefficient (Wildman–Crippen LogP) is 4.98. The Morgan fingerprint density at radius 2 is 1.90 bits per heavy atom. The molecule has 0 unspecified atom stereocenters. The summed E-state index contributed by atoms with van der Waals surface area (Å²) in [6, 6.07) is 10.7. The maximum atomic E-state index is 13.0. The highest BCUT2D eigenvalue weighted by atomic mass is 35.5. The summed E-state index contributed by atoms with van der Waals surface area (Å²) in [6.45, 7) is 3.47. The van der Waals surface area contributed by atoms with Crippen LogP contribution in [0.25, 0.3) is 10.2 Å². The van der Waals surface area contributed by atoms with E-state index in [0.29, 0.717) is 46.4 Å². The zero-order valence-electron chi connectivity index (χ0n) is 17.0. The van der Waals surface area contributed by atoms with Gasteiger partial charge in [-0.05, 0) is 51.4 Å². The molecule has 0 aliphatic carbocycles. The van der Waals surface area contributed by atoms with Crippen LogP contribution >= 0.6 is 34.5 Å². The molecule has 0 saturated carbocycles. The van der Waals surface area contributed by atoms with Gasteiger partial charge in [-0.25, -0.2) is 4.98 Å². The van der Waals surface area contributed by atoms with Gasteiger partial charge in [0.15, 0.2) is 11.7 Å². The Hall–Kier alpha value is -2.06. The third-order valence-electron chi connectivity index (χ3n) is 4.22. The van der Waals surface area contributed by atoms with E-state index in [1.165, 1.54) is 11.3 Å². The van der Waals surface area contributed by atoms with E-state index in [-0.39, 0.29) is 12.5 Å². The van der Waals surface area contributed by atoms with Crippen molar-refractivity contribution in [2.75, 3.05) is 45.3 Å². The lowest BCUT2D eigenvalue weighted by molar-refractivity contribution is -0.120. The van der Waals surface area contributed by atoms with Gasteiger partial charge in [0.25, 0.3) is 5.91 Å². The number of hydrogen-bond donors (Lipinski definition) is 0. The molecule has 9 heteroatoms. The molecule has 1 amide bonds. The average molecular weight is 468 g/mol. The highest BCUT2D eigenvalue weighted by Crippen LogP contribution is 2.34. The molecule has 0 N–H and O–H groups in total. The van der Waals surface area contributed by atoms with E-state index in [1.807, 2.05) is 44.1 Å². The topological polar surface area (TPSA) is 54.9 Å². The van der Waals surface area contributed by atoms with Gasteiger partial charge >= 0.3 is 0 Å². The number of ether oxygens (including phenoxy) is 2. The van der Waals surface area contributed by atoms with Crippen molar-refractivity contribution in [2.24, 2.45) is 0 Å². The lowest BCUT2D eigenvalue weighted by atomic mass is 10.3. The number of aromatic nitrogens is 1. The average Bonchev–Trinajstić information content (AvgIpc) is 3.12. The van der Waals surface area contributed by atoms with E-state index in [2.05, 4.69) is 0 Å². The Bertz CT molecular complexity index is 1030. The first kappa shape index (κ1) is 22.6. The van der Waals surface area contributed by atoms with Crippen molar-refractivity contribution in [1.29, 1.82) is 0 Å². The van der Waals surface area contributed by atoms with Gasteiger partial charge in [-0.3, -0.25) is 9.69 Å². The molecule has 3 rings (SSSR count). The molecule has 0 aliphatic rings. The number of hydrogen-bond acceptors (Lipinski definition) is 6. The molecule has 0 spiro atoms. The molecule has 0 radical (unpaired) electrons. The number of carbonyl (C=O) groups is 1. The van der Waals surface area contributed by atoms with Crippen LogP contribution in [0.15, 0.2) is 36.4 Å². The monoisotopic (exact) mass is 467 g/mol. The van der Waals surface area contributed by atoms with Crippen LogP contribution in [0.1, 0.15) is 6.92 Å². The van der Waals surface area contributed by atoms with Crippen molar-refractivity contribution in [3.05, 3.63) is 46.4 Å². The number of para-hydroxylation sites is 1. The fourth-order valence-corrected chi connectivity index (χ4v) is 4.23. The minimum Gasteiger partial charge on any atom is -0.492 e. The molecule has 0 saturated heterocycles. The van der Waals surface area contributed by atoms with Gasteiger partial charge in [0.2, 0.25) is 0 Å². The van der Waals surface area contributed by atoms with Crippen LogP contribution in [0.2, 0.25) is 10.0 Å². The molecule has 160 valence electrons. The smallest absolute Gasteiger partial charge is 0.266 e. The van der Waals surface area contributed by atoms with E-state index in [4.69, 9.17) is 37.7 Å². The second kappa shape index (κ2) is 10.3. The number of benzene rings is 2. The summed E-state index contributed by atoms with van der Waals surface area (Å²) in [5, 5.41) is 1.47. The SMILES string of the molecule is CCOc1cccc2sc(N(CCN(C)C)C(=O)COc3ccc(Cl)cc3Cl)nc12. The van der Waals surface area contributed by atoms with Crippen molar-refractivity contribution in [2.45, 2.75) is 6.92 Å². The first-order chi connectivity index (χ1) is 14.4. The number of carbonyl (C=O) groups excluding carboxylic acids is 1. The van der Waals surface area contributed by atoms with E-state index in [9.17, 15) is 4.79 Å². The summed E-state index contributed by atoms with van der Waals surface area (Å²) in [5.41, 5.74) is 0.753. The third-order valence-corrected chi connectivity index (χ3v) is 5.79. The molecule has 0 fully saturated rings. The molecule has 1 aromatic heterocycles. The molecule has 30 heavy (non-hydrogen) atoms. The van der Waals surface area contributed by atoms with Crippen LogP contribution in [-0.2, 0) is 4.79 Å². The second-order valence-corrected chi connectivity index (χ2v) is 8.60. The van der Waals surface area contributed by atoms with Crippen molar-refractivity contribution >= 4 is 55.8 Å². The number of thiazole rings is 1. The van der Waals surface area contributed by atoms with Gasteiger partial charge < -0.3 is 14.4 Å². The standard InChI is InChI=1S/C21H23Cl2N3O3S/c1-4-28-17-6-5-7-18-20(17)24-21(30-18)26(11-10-25(2)3)19(27)13-29-16-9-8-14(22)12-15(16)23/h5-9,12H,4,10-11,13H2,1-3H3. The Labute approximate surface area is 189 Å². The number of amides is 1. The van der Waals surface area contributed by atoms with Crippen LogP contribution in [0, 0.1) is 0 Å². The largest absolute Gasteiger partial charge is 0.492 e. The molecule has 2 aromatic carbocycles. The minimum absolute atomic E-state index is 0.164. The number of halogens is 2. The van der Waals surface area contributed by atoms with Gasteiger partial charge in [-0.15, -0.1) is 0 Å². The van der Waals surface area contributed by atoms with Crippen LogP contribution in [-0.4, -0.2) is 56.2 Å². The maximum Gasteiger partial charge on any atom is 0.266 e. The number of rotatable bonds is 9. The molecule has 6 nitrogen and oxygen atoms in total. The zero-order chi connectivity index (χ0) is 21.7. The molecule has 0 atom stereocenters. The first-order valence-electron chi connectivity index (χ1n) is 9.44. The Kier molecular flexibility index (Phi) is 7.77. The van der Waals surface area contributed by atoms with E-state index in [0.717, 1.165) is 10.2 Å². The molecule has 3 aromatic rings.